The lowest BCUT2D eigenvalue weighted by atomic mass is 10.0. The third-order valence-corrected chi connectivity index (χ3v) is 4.48. The molecule has 0 saturated carbocycles. The van der Waals surface area contributed by atoms with Crippen LogP contribution in [0.3, 0.4) is 0 Å². The molecular formula is C14H13N3O3S. The maximum absolute atomic E-state index is 12.2. The number of thiazole rings is 1. The second-order valence-electron chi connectivity index (χ2n) is 4.82. The predicted octanol–water partition coefficient (Wildman–Crippen LogP) is 3.18. The lowest BCUT2D eigenvalue weighted by molar-refractivity contribution is -0.385. The number of nitro benzene ring substituents is 1. The lowest BCUT2D eigenvalue weighted by Crippen LogP contribution is -2.13. The molecule has 6 nitrogen and oxygen atoms in total. The van der Waals surface area contributed by atoms with Crippen LogP contribution in [0.25, 0.3) is 0 Å². The first-order valence-corrected chi connectivity index (χ1v) is 7.50. The Morgan fingerprint density at radius 1 is 1.29 bits per heavy atom. The SMILES string of the molecule is O=C(Nc1nc2c(s1)CCCC2)c1ccccc1[N+](=O)[O-]. The summed E-state index contributed by atoms with van der Waals surface area (Å²) in [4.78, 5) is 28.2. The molecule has 0 spiro atoms. The van der Waals surface area contributed by atoms with Gasteiger partial charge in [-0.1, -0.05) is 12.1 Å². The van der Waals surface area contributed by atoms with Gasteiger partial charge >= 0.3 is 0 Å². The Labute approximate surface area is 125 Å². The van der Waals surface area contributed by atoms with Crippen LogP contribution in [0.5, 0.6) is 0 Å². The number of nitrogens with zero attached hydrogens (tertiary/aromatic N) is 2. The summed E-state index contributed by atoms with van der Waals surface area (Å²) in [5.74, 6) is -0.492. The van der Waals surface area contributed by atoms with Crippen LogP contribution in [0.2, 0.25) is 0 Å². The van der Waals surface area contributed by atoms with Crippen LogP contribution in [0.1, 0.15) is 33.8 Å². The van der Waals surface area contributed by atoms with Crippen molar-refractivity contribution in [1.29, 1.82) is 0 Å². The lowest BCUT2D eigenvalue weighted by Gasteiger charge is -2.06. The monoisotopic (exact) mass is 303 g/mol. The van der Waals surface area contributed by atoms with Gasteiger partial charge in [-0.15, -0.1) is 11.3 Å². The van der Waals surface area contributed by atoms with Gasteiger partial charge in [0.1, 0.15) is 5.56 Å². The summed E-state index contributed by atoms with van der Waals surface area (Å²) < 4.78 is 0. The molecule has 1 heterocycles. The molecular weight excluding hydrogens is 290 g/mol. The first kappa shape index (κ1) is 13.7. The highest BCUT2D eigenvalue weighted by Gasteiger charge is 2.21. The number of aromatic nitrogens is 1. The van der Waals surface area contributed by atoms with E-state index in [9.17, 15) is 14.9 Å². The number of carbonyl (C=O) groups is 1. The second kappa shape index (κ2) is 5.61. The topological polar surface area (TPSA) is 85.1 Å². The summed E-state index contributed by atoms with van der Waals surface area (Å²) in [5, 5.41) is 14.1. The van der Waals surface area contributed by atoms with E-state index in [-0.39, 0.29) is 11.3 Å². The van der Waals surface area contributed by atoms with Crippen LogP contribution in [0, 0.1) is 10.1 Å². The average molecular weight is 303 g/mol. The highest BCUT2D eigenvalue weighted by Crippen LogP contribution is 2.30. The van der Waals surface area contributed by atoms with Crippen molar-refractivity contribution in [3.8, 4) is 0 Å². The number of nitro groups is 1. The molecule has 7 heteroatoms. The highest BCUT2D eigenvalue weighted by molar-refractivity contribution is 7.15. The molecule has 1 aromatic heterocycles. The molecule has 0 atom stereocenters. The quantitative estimate of drug-likeness (QED) is 0.697. The fourth-order valence-corrected chi connectivity index (χ4v) is 3.44. The standard InChI is InChI=1S/C14H13N3O3S/c18-13(9-5-1-3-7-11(9)17(19)20)16-14-15-10-6-2-4-8-12(10)21-14/h1,3,5,7H,2,4,6,8H2,(H,15,16,18). The molecule has 3 rings (SSSR count). The van der Waals surface area contributed by atoms with Crippen molar-refractivity contribution in [2.24, 2.45) is 0 Å². The smallest absolute Gasteiger partial charge is 0.282 e. The number of anilines is 1. The van der Waals surface area contributed by atoms with Gasteiger partial charge < -0.3 is 0 Å². The molecule has 0 bridgehead atoms. The normalized spacial score (nSPS) is 13.5. The van der Waals surface area contributed by atoms with Crippen LogP contribution >= 0.6 is 11.3 Å². The molecule has 1 aliphatic carbocycles. The van der Waals surface area contributed by atoms with Gasteiger partial charge in [0, 0.05) is 10.9 Å². The van der Waals surface area contributed by atoms with E-state index in [1.54, 1.807) is 6.07 Å². The predicted molar refractivity (Wildman–Crippen MR) is 79.8 cm³/mol. The molecule has 0 fully saturated rings. The van der Waals surface area contributed by atoms with E-state index in [1.165, 1.54) is 34.4 Å². The summed E-state index contributed by atoms with van der Waals surface area (Å²) >= 11 is 1.46. The molecule has 1 aromatic carbocycles. The number of hydrogen-bond acceptors (Lipinski definition) is 5. The van der Waals surface area contributed by atoms with Crippen LogP contribution in [0.4, 0.5) is 10.8 Å². The Hall–Kier alpha value is -2.28. The summed E-state index contributed by atoms with van der Waals surface area (Å²) in [7, 11) is 0. The number of fused-ring (bicyclic) bond motifs is 1. The molecule has 21 heavy (non-hydrogen) atoms. The molecule has 1 aliphatic rings. The molecule has 0 saturated heterocycles. The third-order valence-electron chi connectivity index (χ3n) is 3.41. The van der Waals surface area contributed by atoms with Crippen molar-refractivity contribution in [2.75, 3.05) is 5.32 Å². The number of carbonyl (C=O) groups excluding carboxylic acids is 1. The van der Waals surface area contributed by atoms with E-state index in [2.05, 4.69) is 10.3 Å². The maximum atomic E-state index is 12.2. The first-order chi connectivity index (χ1) is 10.1. The number of hydrogen-bond donors (Lipinski definition) is 1. The van der Waals surface area contributed by atoms with Crippen molar-refractivity contribution >= 4 is 28.1 Å². The van der Waals surface area contributed by atoms with Gasteiger partial charge in [-0.3, -0.25) is 20.2 Å². The van der Waals surface area contributed by atoms with Gasteiger partial charge in [-0.25, -0.2) is 4.98 Å². The largest absolute Gasteiger partial charge is 0.298 e. The summed E-state index contributed by atoms with van der Waals surface area (Å²) in [6.45, 7) is 0. The minimum atomic E-state index is -0.554. The molecule has 0 radical (unpaired) electrons. The molecule has 0 unspecified atom stereocenters. The second-order valence-corrected chi connectivity index (χ2v) is 5.91. The van der Waals surface area contributed by atoms with E-state index < -0.39 is 10.8 Å². The summed E-state index contributed by atoms with van der Waals surface area (Å²) in [6, 6.07) is 5.91. The number of aryl methyl sites for hydroxylation is 2. The van der Waals surface area contributed by atoms with E-state index >= 15 is 0 Å². The van der Waals surface area contributed by atoms with Crippen LogP contribution in [-0.2, 0) is 12.8 Å². The van der Waals surface area contributed by atoms with E-state index in [0.29, 0.717) is 5.13 Å². The Bertz CT molecular complexity index is 688. The van der Waals surface area contributed by atoms with Crippen LogP contribution in [-0.4, -0.2) is 15.8 Å². The molecule has 1 N–H and O–H groups in total. The van der Waals surface area contributed by atoms with E-state index in [1.807, 2.05) is 0 Å². The zero-order chi connectivity index (χ0) is 14.8. The van der Waals surface area contributed by atoms with Crippen molar-refractivity contribution in [2.45, 2.75) is 25.7 Å². The Kier molecular flexibility index (Phi) is 3.66. The van der Waals surface area contributed by atoms with Crippen molar-refractivity contribution in [3.05, 3.63) is 50.5 Å². The van der Waals surface area contributed by atoms with E-state index in [4.69, 9.17) is 0 Å². The minimum absolute atomic E-state index is 0.0515. The van der Waals surface area contributed by atoms with Gasteiger partial charge in [0.05, 0.1) is 10.6 Å². The van der Waals surface area contributed by atoms with Crippen molar-refractivity contribution in [3.63, 3.8) is 0 Å². The van der Waals surface area contributed by atoms with Gasteiger partial charge in [-0.2, -0.15) is 0 Å². The molecule has 1 amide bonds. The number of benzene rings is 1. The fourth-order valence-electron chi connectivity index (χ4n) is 2.39. The van der Waals surface area contributed by atoms with Crippen LogP contribution in [0.15, 0.2) is 24.3 Å². The summed E-state index contributed by atoms with van der Waals surface area (Å²) in [5.41, 5.74) is 0.899. The summed E-state index contributed by atoms with van der Waals surface area (Å²) in [6.07, 6.45) is 4.20. The molecule has 2 aromatic rings. The van der Waals surface area contributed by atoms with Gasteiger partial charge in [-0.05, 0) is 31.7 Å². The number of rotatable bonds is 3. The Balaban J connectivity index is 1.83. The van der Waals surface area contributed by atoms with E-state index in [0.717, 1.165) is 31.4 Å². The number of nitrogens with one attached hydrogen (secondary N) is 1. The third kappa shape index (κ3) is 2.78. The zero-order valence-corrected chi connectivity index (χ0v) is 12.0. The average Bonchev–Trinajstić information content (AvgIpc) is 2.89. The maximum Gasteiger partial charge on any atom is 0.282 e. The number of amides is 1. The first-order valence-electron chi connectivity index (χ1n) is 6.68. The molecule has 0 aliphatic heterocycles. The van der Waals surface area contributed by atoms with Crippen LogP contribution < -0.4 is 5.32 Å². The van der Waals surface area contributed by atoms with Gasteiger partial charge in [0.2, 0.25) is 0 Å². The fraction of sp³-hybridized carbons (Fsp3) is 0.286. The Morgan fingerprint density at radius 2 is 2.05 bits per heavy atom. The number of para-hydroxylation sites is 1. The molecule has 108 valence electrons. The van der Waals surface area contributed by atoms with Crippen molar-refractivity contribution in [1.82, 2.24) is 4.98 Å². The van der Waals surface area contributed by atoms with Gasteiger partial charge in [0.25, 0.3) is 11.6 Å². The minimum Gasteiger partial charge on any atom is -0.298 e. The Morgan fingerprint density at radius 3 is 2.81 bits per heavy atom. The van der Waals surface area contributed by atoms with Gasteiger partial charge in [0.15, 0.2) is 5.13 Å². The van der Waals surface area contributed by atoms with Crippen molar-refractivity contribution < 1.29 is 9.72 Å². The highest BCUT2D eigenvalue weighted by atomic mass is 32.1. The zero-order valence-electron chi connectivity index (χ0n) is 11.2.